The molecule has 0 spiro atoms. The minimum absolute atomic E-state index is 0.0175. The lowest BCUT2D eigenvalue weighted by Crippen LogP contribution is -2.18. The van der Waals surface area contributed by atoms with Gasteiger partial charge in [0.25, 0.3) is 0 Å². The molecule has 0 fully saturated rings. The number of halogens is 4. The van der Waals surface area contributed by atoms with Crippen molar-refractivity contribution in [3.63, 3.8) is 0 Å². The molecule has 0 radical (unpaired) electrons. The monoisotopic (exact) mass is 299 g/mol. The van der Waals surface area contributed by atoms with E-state index in [0.29, 0.717) is 0 Å². The second kappa shape index (κ2) is 4.69. The molecule has 0 N–H and O–H groups in total. The number of nitrogens with zero attached hydrogens (tertiary/aromatic N) is 1. The normalized spacial score (nSPS) is 11.1. The number of pyridine rings is 1. The second-order valence-corrected chi connectivity index (χ2v) is 3.40. The van der Waals surface area contributed by atoms with Crippen LogP contribution < -0.4 is 4.74 Å². The molecular formula is C8H5BrF3NO3. The third kappa shape index (κ3) is 3.37. The van der Waals surface area contributed by atoms with Gasteiger partial charge < -0.3 is 9.47 Å². The minimum atomic E-state index is -4.83. The van der Waals surface area contributed by atoms with Gasteiger partial charge in [0.15, 0.2) is 0 Å². The first kappa shape index (κ1) is 12.8. The molecule has 0 aliphatic rings. The van der Waals surface area contributed by atoms with Crippen LogP contribution in [-0.2, 0) is 4.74 Å². The van der Waals surface area contributed by atoms with E-state index in [0.717, 1.165) is 19.4 Å². The van der Waals surface area contributed by atoms with Crippen LogP contribution in [0.15, 0.2) is 16.7 Å². The van der Waals surface area contributed by atoms with Crippen LogP contribution in [-0.4, -0.2) is 24.4 Å². The van der Waals surface area contributed by atoms with Crippen molar-refractivity contribution in [1.29, 1.82) is 0 Å². The number of aromatic nitrogens is 1. The molecule has 0 bridgehead atoms. The van der Waals surface area contributed by atoms with Crippen molar-refractivity contribution in [2.24, 2.45) is 0 Å². The fourth-order valence-corrected chi connectivity index (χ4v) is 1.27. The van der Waals surface area contributed by atoms with Gasteiger partial charge in [0.2, 0.25) is 5.88 Å². The zero-order chi connectivity index (χ0) is 12.3. The molecule has 88 valence electrons. The number of hydrogen-bond acceptors (Lipinski definition) is 4. The van der Waals surface area contributed by atoms with Crippen LogP contribution >= 0.6 is 15.9 Å². The summed E-state index contributed by atoms with van der Waals surface area (Å²) in [4.78, 5) is 14.4. The van der Waals surface area contributed by atoms with Gasteiger partial charge in [-0.1, -0.05) is 0 Å². The van der Waals surface area contributed by atoms with Crippen molar-refractivity contribution >= 4 is 21.9 Å². The topological polar surface area (TPSA) is 48.4 Å². The van der Waals surface area contributed by atoms with Gasteiger partial charge in [0, 0.05) is 6.20 Å². The van der Waals surface area contributed by atoms with Crippen molar-refractivity contribution in [2.45, 2.75) is 6.36 Å². The van der Waals surface area contributed by atoms with Crippen LogP contribution in [0.1, 0.15) is 10.4 Å². The first-order valence-corrected chi connectivity index (χ1v) is 4.62. The van der Waals surface area contributed by atoms with Gasteiger partial charge in [-0.2, -0.15) is 0 Å². The first-order chi connectivity index (χ1) is 7.33. The summed E-state index contributed by atoms with van der Waals surface area (Å²) in [6.45, 7) is 0. The number of carbonyl (C=O) groups excluding carboxylic acids is 1. The zero-order valence-corrected chi connectivity index (χ0v) is 9.42. The molecule has 1 aromatic heterocycles. The predicted molar refractivity (Wildman–Crippen MR) is 50.0 cm³/mol. The fraction of sp³-hybridized carbons (Fsp3) is 0.250. The summed E-state index contributed by atoms with van der Waals surface area (Å²) in [6, 6.07) is 1.12. The van der Waals surface area contributed by atoms with Gasteiger partial charge in [0.05, 0.1) is 17.1 Å². The number of ether oxygens (including phenoxy) is 2. The Labute approximate surface area is 96.5 Å². The highest BCUT2D eigenvalue weighted by atomic mass is 79.9. The van der Waals surface area contributed by atoms with Crippen molar-refractivity contribution in [1.82, 2.24) is 4.98 Å². The molecule has 0 saturated carbocycles. The third-order valence-corrected chi connectivity index (χ3v) is 2.01. The molecule has 16 heavy (non-hydrogen) atoms. The molecule has 1 heterocycles. The summed E-state index contributed by atoms with van der Waals surface area (Å²) in [6.07, 6.45) is -3.90. The standard InChI is InChI=1S/C8H5BrF3NO3/c1-15-7(14)4-2-5(9)6(13-3-4)16-8(10,11)12/h2-3H,1H3. The fourth-order valence-electron chi connectivity index (χ4n) is 0.840. The Balaban J connectivity index is 2.96. The van der Waals surface area contributed by atoms with Crippen LogP contribution in [0.25, 0.3) is 0 Å². The van der Waals surface area contributed by atoms with E-state index in [9.17, 15) is 18.0 Å². The first-order valence-electron chi connectivity index (χ1n) is 3.83. The van der Waals surface area contributed by atoms with Gasteiger partial charge in [-0.25, -0.2) is 9.78 Å². The quantitative estimate of drug-likeness (QED) is 0.788. The van der Waals surface area contributed by atoms with Gasteiger partial charge in [0.1, 0.15) is 0 Å². The molecule has 0 aromatic carbocycles. The highest BCUT2D eigenvalue weighted by Crippen LogP contribution is 2.28. The predicted octanol–water partition coefficient (Wildman–Crippen LogP) is 2.53. The maximum Gasteiger partial charge on any atom is 0.574 e. The van der Waals surface area contributed by atoms with Crippen LogP contribution in [0.5, 0.6) is 5.88 Å². The molecule has 0 aliphatic heterocycles. The SMILES string of the molecule is COC(=O)c1cnc(OC(F)(F)F)c(Br)c1. The second-order valence-electron chi connectivity index (χ2n) is 2.55. The molecule has 1 rings (SSSR count). The summed E-state index contributed by atoms with van der Waals surface area (Å²) >= 11 is 2.80. The van der Waals surface area contributed by atoms with Gasteiger partial charge in [-0.15, -0.1) is 13.2 Å². The van der Waals surface area contributed by atoms with E-state index in [1.807, 2.05) is 0 Å². The smallest absolute Gasteiger partial charge is 0.465 e. The maximum absolute atomic E-state index is 11.9. The Morgan fingerprint density at radius 3 is 2.56 bits per heavy atom. The number of carbonyl (C=O) groups is 1. The number of alkyl halides is 3. The van der Waals surface area contributed by atoms with E-state index in [1.54, 1.807) is 0 Å². The zero-order valence-electron chi connectivity index (χ0n) is 7.84. The number of rotatable bonds is 2. The minimum Gasteiger partial charge on any atom is -0.465 e. The number of hydrogen-bond donors (Lipinski definition) is 0. The largest absolute Gasteiger partial charge is 0.574 e. The van der Waals surface area contributed by atoms with E-state index in [2.05, 4.69) is 30.4 Å². The Kier molecular flexibility index (Phi) is 3.74. The average molecular weight is 300 g/mol. The Hall–Kier alpha value is -1.31. The van der Waals surface area contributed by atoms with E-state index in [-0.39, 0.29) is 10.0 Å². The highest BCUT2D eigenvalue weighted by molar-refractivity contribution is 9.10. The van der Waals surface area contributed by atoms with Gasteiger partial charge in [-0.3, -0.25) is 0 Å². The summed E-state index contributed by atoms with van der Waals surface area (Å²) in [5, 5.41) is 0. The third-order valence-electron chi connectivity index (χ3n) is 1.44. The molecule has 0 aliphatic carbocycles. The maximum atomic E-state index is 11.9. The molecule has 0 amide bonds. The molecule has 4 nitrogen and oxygen atoms in total. The van der Waals surface area contributed by atoms with E-state index in [1.165, 1.54) is 0 Å². The van der Waals surface area contributed by atoms with Gasteiger partial charge >= 0.3 is 12.3 Å². The van der Waals surface area contributed by atoms with Crippen LogP contribution in [0.4, 0.5) is 13.2 Å². The molecule has 1 aromatic rings. The van der Waals surface area contributed by atoms with Crippen molar-refractivity contribution in [3.8, 4) is 5.88 Å². The van der Waals surface area contributed by atoms with E-state index < -0.39 is 18.2 Å². The van der Waals surface area contributed by atoms with Crippen LogP contribution in [0.2, 0.25) is 0 Å². The molecule has 8 heteroatoms. The average Bonchev–Trinajstić information content (AvgIpc) is 2.18. The summed E-state index contributed by atoms with van der Waals surface area (Å²) in [5.74, 6) is -1.37. The van der Waals surface area contributed by atoms with Crippen molar-refractivity contribution in [3.05, 3.63) is 22.3 Å². The Bertz CT molecular complexity index is 408. The van der Waals surface area contributed by atoms with E-state index in [4.69, 9.17) is 0 Å². The summed E-state index contributed by atoms with van der Waals surface area (Å²) in [5.41, 5.74) is 0.0175. The lowest BCUT2D eigenvalue weighted by atomic mass is 10.3. The van der Waals surface area contributed by atoms with E-state index >= 15 is 0 Å². The van der Waals surface area contributed by atoms with Gasteiger partial charge in [-0.05, 0) is 22.0 Å². The summed E-state index contributed by atoms with van der Waals surface area (Å²) in [7, 11) is 1.15. The van der Waals surface area contributed by atoms with Crippen molar-refractivity contribution in [2.75, 3.05) is 7.11 Å². The molecule has 0 saturated heterocycles. The summed E-state index contributed by atoms with van der Waals surface area (Å²) < 4.78 is 43.5. The lowest BCUT2D eigenvalue weighted by molar-refractivity contribution is -0.276. The number of esters is 1. The van der Waals surface area contributed by atoms with Crippen LogP contribution in [0, 0.1) is 0 Å². The van der Waals surface area contributed by atoms with Crippen molar-refractivity contribution < 1.29 is 27.4 Å². The molecule has 0 atom stereocenters. The highest BCUT2D eigenvalue weighted by Gasteiger charge is 2.32. The Morgan fingerprint density at radius 1 is 1.50 bits per heavy atom. The molecular weight excluding hydrogens is 295 g/mol. The van der Waals surface area contributed by atoms with Crippen LogP contribution in [0.3, 0.4) is 0 Å². The number of methoxy groups -OCH3 is 1. The lowest BCUT2D eigenvalue weighted by Gasteiger charge is -2.09. The molecule has 0 unspecified atom stereocenters. The Morgan fingerprint density at radius 2 is 2.12 bits per heavy atom.